The van der Waals surface area contributed by atoms with E-state index in [1.54, 1.807) is 17.3 Å². The van der Waals surface area contributed by atoms with Crippen LogP contribution in [-0.4, -0.2) is 92.9 Å². The first-order chi connectivity index (χ1) is 23.8. The van der Waals surface area contributed by atoms with Gasteiger partial charge >= 0.3 is 5.97 Å². The first-order valence-electron chi connectivity index (χ1n) is 16.4. The Balaban J connectivity index is 1.16. The molecule has 1 N–H and O–H groups in total. The molecular weight excluding hydrogens is 626 g/mol. The molecule has 8 rings (SSSR count). The summed E-state index contributed by atoms with van der Waals surface area (Å²) in [6.45, 7) is 8.45. The Kier molecular flexibility index (Phi) is 7.77. The van der Waals surface area contributed by atoms with Crippen LogP contribution in [0.2, 0.25) is 0 Å². The van der Waals surface area contributed by atoms with E-state index in [9.17, 15) is 9.90 Å². The second-order valence-electron chi connectivity index (χ2n) is 13.0. The van der Waals surface area contributed by atoms with Crippen molar-refractivity contribution >= 4 is 39.5 Å². The molecule has 3 aliphatic rings. The van der Waals surface area contributed by atoms with Crippen molar-refractivity contribution in [2.24, 2.45) is 0 Å². The summed E-state index contributed by atoms with van der Waals surface area (Å²) >= 11 is 0. The van der Waals surface area contributed by atoms with Crippen molar-refractivity contribution in [3.05, 3.63) is 71.9 Å². The first kappa shape index (κ1) is 31.0. The molecule has 3 atom stereocenters. The molecule has 250 valence electrons. The molecule has 0 bridgehead atoms. The van der Waals surface area contributed by atoms with Crippen LogP contribution in [0.4, 0.5) is 11.5 Å². The van der Waals surface area contributed by atoms with Crippen molar-refractivity contribution in [1.82, 2.24) is 25.1 Å². The highest BCUT2D eigenvalue weighted by Gasteiger charge is 2.50. The zero-order chi connectivity index (χ0) is 33.7. The summed E-state index contributed by atoms with van der Waals surface area (Å²) in [5, 5.41) is 20.2. The van der Waals surface area contributed by atoms with Gasteiger partial charge in [0, 0.05) is 48.3 Å². The Hall–Kier alpha value is -5.32. The standard InChI is InChI=1S/C36H35N7O6/c1-21(2)32-38-30-26-8-4-5-9-29(26)49-31(30)33(39-32)43-18-25(16-28(43)35(44)45)48-34-27(42-13-14-47-36(22(42)3)19-46-20-36)15-24(40-41-34)11-10-23-7-6-12-37-17-23/h4-9,12,15,17,21-22,25,28H,13-14,16,18-20H2,1-3H3,(H,44,45)/t22-,25-,28-/m0/s1. The van der Waals surface area contributed by atoms with Gasteiger partial charge in [-0.25, -0.2) is 14.8 Å². The van der Waals surface area contributed by atoms with E-state index >= 15 is 0 Å². The molecule has 3 fully saturated rings. The van der Waals surface area contributed by atoms with E-state index in [1.807, 2.05) is 56.3 Å². The van der Waals surface area contributed by atoms with Gasteiger partial charge in [0.1, 0.15) is 46.1 Å². The summed E-state index contributed by atoms with van der Waals surface area (Å²) in [5.41, 5.74) is 3.27. The number of rotatable bonds is 6. The van der Waals surface area contributed by atoms with E-state index in [0.717, 1.165) is 10.9 Å². The van der Waals surface area contributed by atoms with Crippen LogP contribution in [0.15, 0.2) is 59.3 Å². The summed E-state index contributed by atoms with van der Waals surface area (Å²) in [6, 6.07) is 12.2. The number of aromatic nitrogens is 5. The van der Waals surface area contributed by atoms with Crippen LogP contribution in [-0.2, 0) is 14.3 Å². The fourth-order valence-electron chi connectivity index (χ4n) is 6.75. The van der Waals surface area contributed by atoms with Crippen molar-refractivity contribution < 1.29 is 28.5 Å². The molecule has 49 heavy (non-hydrogen) atoms. The van der Waals surface area contributed by atoms with Gasteiger partial charge in [-0.3, -0.25) is 4.98 Å². The summed E-state index contributed by atoms with van der Waals surface area (Å²) in [6.07, 6.45) is 3.03. The molecule has 0 amide bonds. The molecule has 5 aromatic rings. The van der Waals surface area contributed by atoms with E-state index in [0.29, 0.717) is 72.0 Å². The molecule has 3 saturated heterocycles. The van der Waals surface area contributed by atoms with Gasteiger partial charge in [-0.05, 0) is 37.1 Å². The largest absolute Gasteiger partial charge is 0.480 e. The van der Waals surface area contributed by atoms with Crippen molar-refractivity contribution in [2.75, 3.05) is 42.7 Å². The Morgan fingerprint density at radius 2 is 1.96 bits per heavy atom. The Morgan fingerprint density at radius 1 is 1.10 bits per heavy atom. The third-order valence-corrected chi connectivity index (χ3v) is 9.52. The maximum Gasteiger partial charge on any atom is 0.326 e. The van der Waals surface area contributed by atoms with Crippen LogP contribution >= 0.6 is 0 Å². The van der Waals surface area contributed by atoms with Gasteiger partial charge in [0.2, 0.25) is 0 Å². The Labute approximate surface area is 282 Å². The van der Waals surface area contributed by atoms with Crippen molar-refractivity contribution in [3.8, 4) is 17.7 Å². The molecule has 1 spiro atoms. The average Bonchev–Trinajstić information content (AvgIpc) is 3.69. The number of ether oxygens (including phenoxy) is 3. The molecule has 0 saturated carbocycles. The second-order valence-corrected chi connectivity index (χ2v) is 13.0. The van der Waals surface area contributed by atoms with E-state index in [2.05, 4.69) is 38.8 Å². The summed E-state index contributed by atoms with van der Waals surface area (Å²) in [7, 11) is 0. The molecule has 7 heterocycles. The lowest BCUT2D eigenvalue weighted by atomic mass is 9.90. The summed E-state index contributed by atoms with van der Waals surface area (Å²) in [4.78, 5) is 30.5. The van der Waals surface area contributed by atoms with Gasteiger partial charge in [-0.15, -0.1) is 10.2 Å². The lowest BCUT2D eigenvalue weighted by molar-refractivity contribution is -0.228. The minimum atomic E-state index is -0.985. The topological polar surface area (TPSA) is 149 Å². The number of furan rings is 1. The van der Waals surface area contributed by atoms with E-state index in [1.165, 1.54) is 0 Å². The number of hydrogen-bond acceptors (Lipinski definition) is 12. The van der Waals surface area contributed by atoms with Crippen molar-refractivity contribution in [1.29, 1.82) is 0 Å². The number of nitrogens with zero attached hydrogens (tertiary/aromatic N) is 7. The number of carbonyl (C=O) groups is 1. The Morgan fingerprint density at radius 3 is 2.71 bits per heavy atom. The van der Waals surface area contributed by atoms with Gasteiger partial charge in [-0.1, -0.05) is 31.9 Å². The van der Waals surface area contributed by atoms with E-state index in [4.69, 9.17) is 28.6 Å². The second kappa shape index (κ2) is 12.3. The van der Waals surface area contributed by atoms with Crippen molar-refractivity contribution in [3.63, 3.8) is 0 Å². The number of morpholine rings is 1. The number of pyridine rings is 1. The van der Waals surface area contributed by atoms with Crippen LogP contribution in [0.5, 0.6) is 5.88 Å². The molecule has 13 heteroatoms. The number of carboxylic acid groups (broad SMARTS) is 1. The van der Waals surface area contributed by atoms with Gasteiger partial charge in [0.05, 0.1) is 32.4 Å². The van der Waals surface area contributed by atoms with Crippen molar-refractivity contribution in [2.45, 2.75) is 56.9 Å². The zero-order valence-electron chi connectivity index (χ0n) is 27.4. The predicted molar refractivity (Wildman–Crippen MR) is 180 cm³/mol. The van der Waals surface area contributed by atoms with Crippen LogP contribution in [0.25, 0.3) is 22.1 Å². The number of carboxylic acids is 1. The fraction of sp³-hybridized carbons (Fsp3) is 0.389. The average molecular weight is 662 g/mol. The molecule has 4 aromatic heterocycles. The number of aliphatic carboxylic acids is 1. The SMILES string of the molecule is CC(C)c1nc(N2C[C@@H](Oc3nnc(C#Cc4cccnc4)cc3N3CCOC4(COC4)[C@@H]3C)C[C@H]2C(=O)O)c2oc3ccccc3c2n1. The predicted octanol–water partition coefficient (Wildman–Crippen LogP) is 4.19. The number of hydrogen-bond donors (Lipinski definition) is 1. The van der Waals surface area contributed by atoms with Crippen LogP contribution in [0.3, 0.4) is 0 Å². The lowest BCUT2D eigenvalue weighted by Gasteiger charge is -2.53. The minimum absolute atomic E-state index is 0.00668. The molecule has 0 radical (unpaired) electrons. The van der Waals surface area contributed by atoms with Crippen LogP contribution in [0.1, 0.15) is 50.2 Å². The quantitative estimate of drug-likeness (QED) is 0.260. The minimum Gasteiger partial charge on any atom is -0.480 e. The molecular formula is C36H35N7O6. The first-order valence-corrected chi connectivity index (χ1v) is 16.4. The number of anilines is 2. The highest BCUT2D eigenvalue weighted by Crippen LogP contribution is 2.40. The van der Waals surface area contributed by atoms with E-state index in [-0.39, 0.29) is 24.9 Å². The molecule has 1 aromatic carbocycles. The molecule has 0 unspecified atom stereocenters. The summed E-state index contributed by atoms with van der Waals surface area (Å²) in [5.74, 6) is 6.57. The van der Waals surface area contributed by atoms with E-state index < -0.39 is 23.7 Å². The highest BCUT2D eigenvalue weighted by molar-refractivity contribution is 6.06. The van der Waals surface area contributed by atoms with Gasteiger partial charge < -0.3 is 33.5 Å². The van der Waals surface area contributed by atoms with Gasteiger partial charge in [0.25, 0.3) is 5.88 Å². The maximum absolute atomic E-state index is 12.8. The smallest absolute Gasteiger partial charge is 0.326 e. The summed E-state index contributed by atoms with van der Waals surface area (Å²) < 4.78 is 24.6. The monoisotopic (exact) mass is 661 g/mol. The van der Waals surface area contributed by atoms with Gasteiger partial charge in [0.15, 0.2) is 11.4 Å². The van der Waals surface area contributed by atoms with Crippen LogP contribution in [0, 0.1) is 11.8 Å². The fourth-order valence-corrected chi connectivity index (χ4v) is 6.75. The Bertz CT molecular complexity index is 2110. The lowest BCUT2D eigenvalue weighted by Crippen LogP contribution is -2.68. The normalized spacial score (nSPS) is 21.6. The maximum atomic E-state index is 12.8. The highest BCUT2D eigenvalue weighted by atomic mass is 16.6. The number of fused-ring (bicyclic) bond motifs is 3. The number of para-hydroxylation sites is 1. The third kappa shape index (κ3) is 5.56. The molecule has 3 aliphatic heterocycles. The van der Waals surface area contributed by atoms with Gasteiger partial charge in [-0.2, -0.15) is 0 Å². The molecule has 13 nitrogen and oxygen atoms in total. The zero-order valence-corrected chi connectivity index (χ0v) is 27.4. The number of benzene rings is 1. The van der Waals surface area contributed by atoms with Crippen LogP contribution < -0.4 is 14.5 Å². The third-order valence-electron chi connectivity index (χ3n) is 9.52. The molecule has 0 aliphatic carbocycles.